The predicted molar refractivity (Wildman–Crippen MR) is 99.5 cm³/mol. The molecule has 1 fully saturated rings. The van der Waals surface area contributed by atoms with Gasteiger partial charge in [0.05, 0.1) is 6.42 Å². The molecule has 3 rings (SSSR count). The number of amides is 1. The van der Waals surface area contributed by atoms with Gasteiger partial charge in [-0.1, -0.05) is 41.9 Å². The highest BCUT2D eigenvalue weighted by Crippen LogP contribution is 2.25. The van der Waals surface area contributed by atoms with Crippen molar-refractivity contribution in [2.75, 3.05) is 25.0 Å². The second-order valence-corrected chi connectivity index (χ2v) is 6.81. The summed E-state index contributed by atoms with van der Waals surface area (Å²) in [5.41, 5.74) is 3.47. The third kappa shape index (κ3) is 4.09. The van der Waals surface area contributed by atoms with E-state index in [1.807, 2.05) is 42.3 Å². The molecular weight excluding hydrogens is 320 g/mol. The Hall–Kier alpha value is -2.00. The van der Waals surface area contributed by atoms with Crippen LogP contribution in [0.2, 0.25) is 5.02 Å². The fourth-order valence-corrected chi connectivity index (χ4v) is 3.29. The van der Waals surface area contributed by atoms with Crippen LogP contribution in [0.1, 0.15) is 24.0 Å². The third-order valence-electron chi connectivity index (χ3n) is 4.54. The van der Waals surface area contributed by atoms with Gasteiger partial charge in [0.1, 0.15) is 0 Å². The van der Waals surface area contributed by atoms with Gasteiger partial charge in [-0.2, -0.15) is 0 Å². The summed E-state index contributed by atoms with van der Waals surface area (Å²) in [5.74, 6) is 0.119. The smallest absolute Gasteiger partial charge is 0.227 e. The quantitative estimate of drug-likeness (QED) is 0.815. The first-order chi connectivity index (χ1) is 11.6. The molecule has 3 nitrogen and oxygen atoms in total. The topological polar surface area (TPSA) is 23.6 Å². The Labute approximate surface area is 148 Å². The standard InChI is InChI=1S/C20H23ClN2O/c1-22(20(24)14-16-8-10-18(21)11-9-16)15-17-6-2-3-7-19(17)23-12-4-5-13-23/h2-3,6-11H,4-5,12-15H2,1H3. The van der Waals surface area contributed by atoms with E-state index in [2.05, 4.69) is 23.1 Å². The summed E-state index contributed by atoms with van der Waals surface area (Å²) in [6, 6.07) is 15.9. The second-order valence-electron chi connectivity index (χ2n) is 6.38. The Kier molecular flexibility index (Phi) is 5.41. The largest absolute Gasteiger partial charge is 0.371 e. The molecule has 1 aliphatic heterocycles. The van der Waals surface area contributed by atoms with Gasteiger partial charge in [-0.3, -0.25) is 4.79 Å². The monoisotopic (exact) mass is 342 g/mol. The summed E-state index contributed by atoms with van der Waals surface area (Å²) in [7, 11) is 1.87. The van der Waals surface area contributed by atoms with Crippen molar-refractivity contribution in [2.24, 2.45) is 0 Å². The fraction of sp³-hybridized carbons (Fsp3) is 0.350. The van der Waals surface area contributed by atoms with Gasteiger partial charge in [-0.25, -0.2) is 0 Å². The zero-order valence-corrected chi connectivity index (χ0v) is 14.8. The fourth-order valence-electron chi connectivity index (χ4n) is 3.17. The average molecular weight is 343 g/mol. The maximum Gasteiger partial charge on any atom is 0.227 e. The molecule has 0 saturated carbocycles. The van der Waals surface area contributed by atoms with Crippen LogP contribution in [0.15, 0.2) is 48.5 Å². The van der Waals surface area contributed by atoms with Crippen molar-refractivity contribution in [3.63, 3.8) is 0 Å². The van der Waals surface area contributed by atoms with Gasteiger partial charge < -0.3 is 9.80 Å². The number of rotatable bonds is 5. The van der Waals surface area contributed by atoms with E-state index in [0.29, 0.717) is 18.0 Å². The Morgan fingerprint density at radius 2 is 1.75 bits per heavy atom. The lowest BCUT2D eigenvalue weighted by Crippen LogP contribution is -2.29. The molecule has 0 radical (unpaired) electrons. The lowest BCUT2D eigenvalue weighted by molar-refractivity contribution is -0.129. The molecule has 0 unspecified atom stereocenters. The summed E-state index contributed by atoms with van der Waals surface area (Å²) in [5, 5.41) is 0.694. The van der Waals surface area contributed by atoms with Crippen LogP contribution in [0, 0.1) is 0 Å². The van der Waals surface area contributed by atoms with Gasteiger partial charge >= 0.3 is 0 Å². The number of hydrogen-bond acceptors (Lipinski definition) is 2. The van der Waals surface area contributed by atoms with E-state index in [1.54, 1.807) is 0 Å². The van der Waals surface area contributed by atoms with E-state index in [1.165, 1.54) is 24.1 Å². The van der Waals surface area contributed by atoms with Crippen molar-refractivity contribution in [3.05, 3.63) is 64.7 Å². The van der Waals surface area contributed by atoms with Crippen LogP contribution in [0.4, 0.5) is 5.69 Å². The van der Waals surface area contributed by atoms with Crippen LogP contribution in [-0.4, -0.2) is 30.9 Å². The highest BCUT2D eigenvalue weighted by Gasteiger charge is 2.17. The maximum absolute atomic E-state index is 12.5. The summed E-state index contributed by atoms with van der Waals surface area (Å²) in [6.07, 6.45) is 2.90. The van der Waals surface area contributed by atoms with Gasteiger partial charge in [-0.15, -0.1) is 0 Å². The minimum Gasteiger partial charge on any atom is -0.371 e. The molecule has 1 amide bonds. The zero-order chi connectivity index (χ0) is 16.9. The first-order valence-electron chi connectivity index (χ1n) is 8.45. The number of carbonyl (C=O) groups is 1. The molecule has 1 aliphatic rings. The Morgan fingerprint density at radius 1 is 1.08 bits per heavy atom. The normalized spacial score (nSPS) is 14.0. The minimum absolute atomic E-state index is 0.119. The van der Waals surface area contributed by atoms with Crippen molar-refractivity contribution in [3.8, 4) is 0 Å². The summed E-state index contributed by atoms with van der Waals surface area (Å²) in [6.45, 7) is 2.86. The Morgan fingerprint density at radius 3 is 2.46 bits per heavy atom. The van der Waals surface area contributed by atoms with Crippen molar-refractivity contribution in [2.45, 2.75) is 25.8 Å². The SMILES string of the molecule is CN(Cc1ccccc1N1CCCC1)C(=O)Cc1ccc(Cl)cc1. The lowest BCUT2D eigenvalue weighted by Gasteiger charge is -2.24. The van der Waals surface area contributed by atoms with Gasteiger partial charge in [0, 0.05) is 37.4 Å². The molecule has 1 saturated heterocycles. The van der Waals surface area contributed by atoms with Crippen LogP contribution < -0.4 is 4.90 Å². The molecule has 24 heavy (non-hydrogen) atoms. The van der Waals surface area contributed by atoms with E-state index in [0.717, 1.165) is 18.7 Å². The Balaban J connectivity index is 1.66. The number of nitrogens with zero attached hydrogens (tertiary/aromatic N) is 2. The molecule has 0 aliphatic carbocycles. The van der Waals surface area contributed by atoms with Crippen LogP contribution in [-0.2, 0) is 17.8 Å². The minimum atomic E-state index is 0.119. The molecule has 2 aromatic carbocycles. The number of benzene rings is 2. The van der Waals surface area contributed by atoms with E-state index >= 15 is 0 Å². The molecule has 126 valence electrons. The number of likely N-dealkylation sites (N-methyl/N-ethyl adjacent to an activating group) is 1. The predicted octanol–water partition coefficient (Wildman–Crippen LogP) is 4.14. The van der Waals surface area contributed by atoms with Crippen LogP contribution in [0.3, 0.4) is 0 Å². The molecule has 0 aromatic heterocycles. The van der Waals surface area contributed by atoms with Crippen molar-refractivity contribution < 1.29 is 4.79 Å². The number of carbonyl (C=O) groups excluding carboxylic acids is 1. The number of para-hydroxylation sites is 1. The van der Waals surface area contributed by atoms with Crippen molar-refractivity contribution in [1.29, 1.82) is 0 Å². The van der Waals surface area contributed by atoms with E-state index in [-0.39, 0.29) is 5.91 Å². The molecule has 0 spiro atoms. The molecule has 0 atom stereocenters. The van der Waals surface area contributed by atoms with Gasteiger partial charge in [-0.05, 0) is 42.2 Å². The van der Waals surface area contributed by atoms with Crippen LogP contribution >= 0.6 is 11.6 Å². The molecule has 0 bridgehead atoms. The second kappa shape index (κ2) is 7.71. The zero-order valence-electron chi connectivity index (χ0n) is 14.0. The van der Waals surface area contributed by atoms with Crippen molar-refractivity contribution >= 4 is 23.2 Å². The van der Waals surface area contributed by atoms with Gasteiger partial charge in [0.25, 0.3) is 0 Å². The first kappa shape index (κ1) is 16.8. The molecule has 4 heteroatoms. The first-order valence-corrected chi connectivity index (χ1v) is 8.82. The summed E-state index contributed by atoms with van der Waals surface area (Å²) < 4.78 is 0. The Bertz CT molecular complexity index is 693. The van der Waals surface area contributed by atoms with Crippen molar-refractivity contribution in [1.82, 2.24) is 4.90 Å². The maximum atomic E-state index is 12.5. The molecular formula is C20H23ClN2O. The van der Waals surface area contributed by atoms with Crippen LogP contribution in [0.25, 0.3) is 0 Å². The van der Waals surface area contributed by atoms with Gasteiger partial charge in [0.15, 0.2) is 0 Å². The molecule has 2 aromatic rings. The molecule has 1 heterocycles. The lowest BCUT2D eigenvalue weighted by atomic mass is 10.1. The molecule has 0 N–H and O–H groups in total. The highest BCUT2D eigenvalue weighted by atomic mass is 35.5. The third-order valence-corrected chi connectivity index (χ3v) is 4.79. The highest BCUT2D eigenvalue weighted by molar-refractivity contribution is 6.30. The van der Waals surface area contributed by atoms with E-state index < -0.39 is 0 Å². The van der Waals surface area contributed by atoms with E-state index in [9.17, 15) is 4.79 Å². The van der Waals surface area contributed by atoms with E-state index in [4.69, 9.17) is 11.6 Å². The van der Waals surface area contributed by atoms with Crippen LogP contribution in [0.5, 0.6) is 0 Å². The summed E-state index contributed by atoms with van der Waals surface area (Å²) >= 11 is 5.90. The summed E-state index contributed by atoms with van der Waals surface area (Å²) in [4.78, 5) is 16.7. The number of halogens is 1. The number of anilines is 1. The van der Waals surface area contributed by atoms with Gasteiger partial charge in [0.2, 0.25) is 5.91 Å². The average Bonchev–Trinajstić information content (AvgIpc) is 3.11. The number of hydrogen-bond donors (Lipinski definition) is 0.